The van der Waals surface area contributed by atoms with E-state index in [1.54, 1.807) is 24.3 Å². The second-order valence-electron chi connectivity index (χ2n) is 8.73. The molecule has 4 rings (SSSR count). The average molecular weight is 501 g/mol. The summed E-state index contributed by atoms with van der Waals surface area (Å²) in [5.74, 6) is -0.269. The fourth-order valence-corrected chi connectivity index (χ4v) is 4.28. The van der Waals surface area contributed by atoms with Crippen LogP contribution >= 0.6 is 0 Å². The summed E-state index contributed by atoms with van der Waals surface area (Å²) in [6.07, 6.45) is 0. The van der Waals surface area contributed by atoms with Crippen molar-refractivity contribution in [3.05, 3.63) is 142 Å². The molecule has 4 aromatic rings. The van der Waals surface area contributed by atoms with Crippen molar-refractivity contribution in [1.29, 1.82) is 21.6 Å². The van der Waals surface area contributed by atoms with Crippen LogP contribution in [0.2, 0.25) is 0 Å². The Hall–Kier alpha value is -5.50. The largest absolute Gasteiger partial charge is 0.384 e. The third-order valence-corrected chi connectivity index (χ3v) is 6.10. The second-order valence-corrected chi connectivity index (χ2v) is 8.73. The van der Waals surface area contributed by atoms with Crippen molar-refractivity contribution in [2.45, 2.75) is 0 Å². The molecule has 0 aromatic heterocycles. The zero-order chi connectivity index (χ0) is 27.4. The van der Waals surface area contributed by atoms with Crippen LogP contribution in [0.15, 0.2) is 97.1 Å². The maximum Gasteiger partial charge on any atom is 0.122 e. The van der Waals surface area contributed by atoms with E-state index in [1.165, 1.54) is 0 Å². The molecule has 0 bridgehead atoms. The highest BCUT2D eigenvalue weighted by atomic mass is 14.7. The van der Waals surface area contributed by atoms with Gasteiger partial charge in [0.05, 0.1) is 0 Å². The van der Waals surface area contributed by atoms with Gasteiger partial charge in [-0.3, -0.25) is 21.6 Å². The Labute approximate surface area is 220 Å². The minimum atomic E-state index is -0.0672. The van der Waals surface area contributed by atoms with Crippen LogP contribution in [-0.2, 0) is 0 Å². The van der Waals surface area contributed by atoms with Gasteiger partial charge in [0.2, 0.25) is 0 Å². The van der Waals surface area contributed by atoms with Crippen LogP contribution in [0.5, 0.6) is 0 Å². The van der Waals surface area contributed by atoms with Crippen LogP contribution in [0.1, 0.15) is 44.5 Å². The van der Waals surface area contributed by atoms with Crippen LogP contribution < -0.4 is 22.9 Å². The predicted molar refractivity (Wildman–Crippen MR) is 155 cm³/mol. The molecule has 4 aromatic carbocycles. The lowest BCUT2D eigenvalue weighted by atomic mass is 9.84. The van der Waals surface area contributed by atoms with Crippen LogP contribution in [-0.4, -0.2) is 23.3 Å². The molecule has 0 amide bonds. The van der Waals surface area contributed by atoms with E-state index in [-0.39, 0.29) is 23.3 Å². The first-order valence-corrected chi connectivity index (χ1v) is 11.7. The van der Waals surface area contributed by atoms with Gasteiger partial charge in [-0.15, -0.1) is 0 Å². The summed E-state index contributed by atoms with van der Waals surface area (Å²) in [5, 5.41) is 32.0. The van der Waals surface area contributed by atoms with Crippen LogP contribution in [0.4, 0.5) is 0 Å². The van der Waals surface area contributed by atoms with E-state index >= 15 is 0 Å². The minimum Gasteiger partial charge on any atom is -0.384 e. The third kappa shape index (κ3) is 5.34. The molecular weight excluding hydrogens is 472 g/mol. The van der Waals surface area contributed by atoms with Gasteiger partial charge in [-0.05, 0) is 57.7 Å². The molecular formula is C30H28N8. The van der Waals surface area contributed by atoms with Crippen molar-refractivity contribution in [3.8, 4) is 0 Å². The summed E-state index contributed by atoms with van der Waals surface area (Å²) in [6.45, 7) is 0. The Balaban J connectivity index is 2.20. The maximum absolute atomic E-state index is 8.00. The lowest BCUT2D eigenvalue weighted by Gasteiger charge is -2.20. The van der Waals surface area contributed by atoms with Crippen molar-refractivity contribution in [3.63, 3.8) is 0 Å². The number of hydrogen-bond acceptors (Lipinski definition) is 4. The molecule has 0 aliphatic heterocycles. The van der Waals surface area contributed by atoms with Crippen molar-refractivity contribution in [1.82, 2.24) is 0 Å². The molecule has 12 N–H and O–H groups in total. The van der Waals surface area contributed by atoms with E-state index in [0.29, 0.717) is 22.3 Å². The molecule has 0 atom stereocenters. The van der Waals surface area contributed by atoms with E-state index < -0.39 is 0 Å². The van der Waals surface area contributed by atoms with Crippen LogP contribution in [0.3, 0.4) is 0 Å². The highest BCUT2D eigenvalue weighted by Gasteiger charge is 2.19. The first kappa shape index (κ1) is 25.6. The molecule has 0 radical (unpaired) electrons. The molecule has 0 aliphatic carbocycles. The van der Waals surface area contributed by atoms with Crippen LogP contribution in [0, 0.1) is 21.6 Å². The third-order valence-electron chi connectivity index (χ3n) is 6.10. The van der Waals surface area contributed by atoms with Gasteiger partial charge in [0.1, 0.15) is 23.3 Å². The van der Waals surface area contributed by atoms with Gasteiger partial charge in [-0.1, -0.05) is 72.8 Å². The summed E-state index contributed by atoms with van der Waals surface area (Å²) >= 11 is 0. The van der Waals surface area contributed by atoms with Crippen molar-refractivity contribution < 1.29 is 0 Å². The number of amidine groups is 4. The van der Waals surface area contributed by atoms with Gasteiger partial charge in [0.15, 0.2) is 0 Å². The van der Waals surface area contributed by atoms with Gasteiger partial charge in [0, 0.05) is 22.3 Å². The summed E-state index contributed by atoms with van der Waals surface area (Å²) in [7, 11) is 0. The van der Waals surface area contributed by atoms with Crippen molar-refractivity contribution >= 4 is 34.5 Å². The van der Waals surface area contributed by atoms with E-state index in [0.717, 1.165) is 33.4 Å². The fraction of sp³-hybridized carbons (Fsp3) is 0. The molecule has 38 heavy (non-hydrogen) atoms. The summed E-state index contributed by atoms with van der Waals surface area (Å²) < 4.78 is 0. The molecule has 0 unspecified atom stereocenters. The molecule has 8 heteroatoms. The molecule has 0 spiro atoms. The van der Waals surface area contributed by atoms with E-state index in [4.69, 9.17) is 44.6 Å². The van der Waals surface area contributed by atoms with E-state index in [1.807, 2.05) is 72.8 Å². The summed E-state index contributed by atoms with van der Waals surface area (Å²) in [6, 6.07) is 29.4. The van der Waals surface area contributed by atoms with Crippen molar-refractivity contribution in [2.75, 3.05) is 0 Å². The monoisotopic (exact) mass is 500 g/mol. The van der Waals surface area contributed by atoms with Gasteiger partial charge >= 0.3 is 0 Å². The van der Waals surface area contributed by atoms with Gasteiger partial charge in [-0.25, -0.2) is 0 Å². The Bertz CT molecular complexity index is 1390. The SMILES string of the molecule is N=C(N)c1cccc(C(=C(c2cccc(C(=N)N)c2)c2cccc(C(=N)N)c2)c2cccc(C(=N)N)c2)c1. The zero-order valence-electron chi connectivity index (χ0n) is 20.5. The fourth-order valence-electron chi connectivity index (χ4n) is 4.28. The number of nitrogen functional groups attached to an aromatic ring is 4. The summed E-state index contributed by atoms with van der Waals surface area (Å²) in [4.78, 5) is 0. The highest BCUT2D eigenvalue weighted by Crippen LogP contribution is 2.38. The Morgan fingerprint density at radius 1 is 0.342 bits per heavy atom. The normalized spacial score (nSPS) is 10.4. The summed E-state index contributed by atoms with van der Waals surface area (Å²) in [5.41, 5.74) is 30.2. The first-order chi connectivity index (χ1) is 18.2. The quantitative estimate of drug-likeness (QED) is 0.103. The van der Waals surface area contributed by atoms with Crippen LogP contribution in [0.25, 0.3) is 11.1 Å². The molecule has 0 aliphatic rings. The van der Waals surface area contributed by atoms with Gasteiger partial charge in [0.25, 0.3) is 0 Å². The number of benzene rings is 4. The first-order valence-electron chi connectivity index (χ1n) is 11.7. The molecule has 188 valence electrons. The van der Waals surface area contributed by atoms with E-state index in [9.17, 15) is 0 Å². The van der Waals surface area contributed by atoms with Gasteiger partial charge < -0.3 is 22.9 Å². The lowest BCUT2D eigenvalue weighted by Crippen LogP contribution is -2.13. The highest BCUT2D eigenvalue weighted by molar-refractivity contribution is 6.08. The molecule has 0 fully saturated rings. The zero-order valence-corrected chi connectivity index (χ0v) is 20.5. The average Bonchev–Trinajstić information content (AvgIpc) is 2.91. The topological polar surface area (TPSA) is 199 Å². The number of rotatable bonds is 8. The standard InChI is InChI=1S/C30H28N8/c31-27(32)21-9-1-5-17(13-21)25(18-6-2-10-22(14-18)28(33)34)26(19-7-3-11-23(15-19)29(35)36)20-8-4-12-24(16-20)30(37)38/h1-16H,(H3,31,32)(H3,33,34)(H3,35,36)(H3,37,38). The minimum absolute atomic E-state index is 0.0672. The Morgan fingerprint density at radius 2 is 0.526 bits per heavy atom. The Morgan fingerprint density at radius 3 is 0.711 bits per heavy atom. The van der Waals surface area contributed by atoms with Gasteiger partial charge in [-0.2, -0.15) is 0 Å². The molecule has 0 saturated carbocycles. The maximum atomic E-state index is 8.00. The molecule has 8 nitrogen and oxygen atoms in total. The second kappa shape index (κ2) is 10.6. The number of nitrogens with one attached hydrogen (secondary N) is 4. The smallest absolute Gasteiger partial charge is 0.122 e. The Kier molecular flexibility index (Phi) is 7.16. The lowest BCUT2D eigenvalue weighted by molar-refractivity contribution is 1.39. The predicted octanol–water partition coefficient (Wildman–Crippen LogP) is 3.83. The van der Waals surface area contributed by atoms with E-state index in [2.05, 4.69) is 0 Å². The molecule has 0 heterocycles. The number of hydrogen-bond donors (Lipinski definition) is 8. The number of nitrogens with two attached hydrogens (primary N) is 4. The van der Waals surface area contributed by atoms with Crippen molar-refractivity contribution in [2.24, 2.45) is 22.9 Å². The molecule has 0 saturated heterocycles.